The first-order chi connectivity index (χ1) is 11.0. The number of rotatable bonds is 4. The van der Waals surface area contributed by atoms with Crippen molar-refractivity contribution in [3.05, 3.63) is 59.8 Å². The average molecular weight is 308 g/mol. The first-order valence-electron chi connectivity index (χ1n) is 7.20. The van der Waals surface area contributed by atoms with Gasteiger partial charge in [0, 0.05) is 28.4 Å². The summed E-state index contributed by atoms with van der Waals surface area (Å²) in [4.78, 5) is 15.7. The Bertz CT molecular complexity index is 891. The van der Waals surface area contributed by atoms with Crippen LogP contribution >= 0.6 is 0 Å². The molecule has 0 aliphatic rings. The zero-order chi connectivity index (χ0) is 16.4. The molecule has 116 valence electrons. The van der Waals surface area contributed by atoms with Gasteiger partial charge in [-0.1, -0.05) is 24.3 Å². The molecule has 0 fully saturated rings. The van der Waals surface area contributed by atoms with Crippen molar-refractivity contribution in [1.29, 1.82) is 0 Å². The van der Waals surface area contributed by atoms with Gasteiger partial charge in [0.05, 0.1) is 17.6 Å². The van der Waals surface area contributed by atoms with Crippen LogP contribution in [0, 0.1) is 6.92 Å². The van der Waals surface area contributed by atoms with Gasteiger partial charge in [0.25, 0.3) is 0 Å². The molecular weight excluding hydrogens is 292 g/mol. The van der Waals surface area contributed by atoms with E-state index < -0.39 is 5.97 Å². The third kappa shape index (κ3) is 3.08. The Morgan fingerprint density at radius 2 is 1.96 bits per heavy atom. The number of hydrogen-bond acceptors (Lipinski definition) is 4. The Balaban J connectivity index is 2.20. The number of pyridine rings is 1. The lowest BCUT2D eigenvalue weighted by Gasteiger charge is -2.16. The smallest absolute Gasteiger partial charge is 0.307 e. The van der Waals surface area contributed by atoms with E-state index in [4.69, 9.17) is 0 Å². The molecule has 5 heteroatoms. The number of benzene rings is 2. The lowest BCUT2D eigenvalue weighted by molar-refractivity contribution is -0.136. The van der Waals surface area contributed by atoms with Crippen LogP contribution in [0.1, 0.15) is 11.3 Å². The molecule has 0 bridgehead atoms. The number of aliphatic carboxylic acids is 1. The molecule has 0 atom stereocenters. The normalized spacial score (nSPS) is 10.7. The minimum absolute atomic E-state index is 0.120. The molecule has 0 amide bonds. The third-order valence-corrected chi connectivity index (χ3v) is 3.64. The largest absolute Gasteiger partial charge is 0.508 e. The summed E-state index contributed by atoms with van der Waals surface area (Å²) in [5, 5.41) is 22.9. The number of phenols is 1. The highest BCUT2D eigenvalue weighted by molar-refractivity contribution is 5.96. The highest BCUT2D eigenvalue weighted by atomic mass is 16.4. The number of phenolic OH excluding ortho intramolecular Hbond substituents is 1. The Labute approximate surface area is 133 Å². The minimum atomic E-state index is -0.913. The molecule has 0 radical (unpaired) electrons. The van der Waals surface area contributed by atoms with E-state index in [0.717, 1.165) is 10.9 Å². The number of aryl methyl sites for hydroxylation is 1. The van der Waals surface area contributed by atoms with E-state index in [9.17, 15) is 15.0 Å². The first kappa shape index (κ1) is 14.8. The molecule has 3 rings (SSSR count). The van der Waals surface area contributed by atoms with Crippen molar-refractivity contribution < 1.29 is 15.0 Å². The van der Waals surface area contributed by atoms with Gasteiger partial charge in [0.2, 0.25) is 0 Å². The highest BCUT2D eigenvalue weighted by Gasteiger charge is 2.15. The van der Waals surface area contributed by atoms with Crippen LogP contribution in [-0.4, -0.2) is 21.2 Å². The summed E-state index contributed by atoms with van der Waals surface area (Å²) in [6.45, 7) is 1.80. The number of carbonyl (C=O) groups is 1. The highest BCUT2D eigenvalue weighted by Crippen LogP contribution is 2.32. The lowest BCUT2D eigenvalue weighted by Crippen LogP contribution is -2.08. The van der Waals surface area contributed by atoms with Gasteiger partial charge in [-0.15, -0.1) is 0 Å². The number of anilines is 2. The number of aromatic hydroxyl groups is 1. The number of aromatic nitrogens is 1. The summed E-state index contributed by atoms with van der Waals surface area (Å²) < 4.78 is 0. The number of hydrogen-bond donors (Lipinski definition) is 3. The maximum Gasteiger partial charge on any atom is 0.307 e. The molecule has 0 aliphatic carbocycles. The van der Waals surface area contributed by atoms with E-state index in [0.29, 0.717) is 22.6 Å². The molecule has 2 aromatic carbocycles. The van der Waals surface area contributed by atoms with Crippen LogP contribution in [0.15, 0.2) is 48.5 Å². The first-order valence-corrected chi connectivity index (χ1v) is 7.20. The van der Waals surface area contributed by atoms with E-state index in [1.807, 2.05) is 30.3 Å². The zero-order valence-electron chi connectivity index (χ0n) is 12.6. The van der Waals surface area contributed by atoms with E-state index >= 15 is 0 Å². The van der Waals surface area contributed by atoms with Crippen molar-refractivity contribution in [2.24, 2.45) is 0 Å². The molecule has 0 saturated carbocycles. The lowest BCUT2D eigenvalue weighted by atomic mass is 10.0. The minimum Gasteiger partial charge on any atom is -0.508 e. The van der Waals surface area contributed by atoms with Crippen LogP contribution in [0.5, 0.6) is 5.75 Å². The number of fused-ring (bicyclic) bond motifs is 1. The summed E-state index contributed by atoms with van der Waals surface area (Å²) in [5.41, 5.74) is 3.50. The van der Waals surface area contributed by atoms with E-state index in [-0.39, 0.29) is 12.2 Å². The predicted molar refractivity (Wildman–Crippen MR) is 89.2 cm³/mol. The fourth-order valence-corrected chi connectivity index (χ4v) is 2.61. The number of para-hydroxylation sites is 1. The number of nitrogens with one attached hydrogen (secondary N) is 1. The molecule has 5 nitrogen and oxygen atoms in total. The predicted octanol–water partition coefficient (Wildman–Crippen LogP) is 3.62. The Morgan fingerprint density at radius 1 is 1.17 bits per heavy atom. The van der Waals surface area contributed by atoms with Crippen LogP contribution in [0.25, 0.3) is 10.9 Å². The van der Waals surface area contributed by atoms with Crippen molar-refractivity contribution in [1.82, 2.24) is 4.98 Å². The topological polar surface area (TPSA) is 82.5 Å². The second-order valence-corrected chi connectivity index (χ2v) is 5.31. The fourth-order valence-electron chi connectivity index (χ4n) is 2.61. The number of nitrogens with zero attached hydrogens (tertiary/aromatic N) is 1. The Morgan fingerprint density at radius 3 is 2.70 bits per heavy atom. The molecule has 1 aromatic heterocycles. The molecule has 0 saturated heterocycles. The second-order valence-electron chi connectivity index (χ2n) is 5.31. The second kappa shape index (κ2) is 5.96. The Hall–Kier alpha value is -3.08. The van der Waals surface area contributed by atoms with Gasteiger partial charge in [-0.2, -0.15) is 0 Å². The van der Waals surface area contributed by atoms with Crippen molar-refractivity contribution in [3.63, 3.8) is 0 Å². The van der Waals surface area contributed by atoms with Crippen molar-refractivity contribution in [3.8, 4) is 5.75 Å². The molecule has 23 heavy (non-hydrogen) atoms. The molecular formula is C18H16N2O3. The summed E-state index contributed by atoms with van der Waals surface area (Å²) in [7, 11) is 0. The molecule has 1 heterocycles. The summed E-state index contributed by atoms with van der Waals surface area (Å²) in [6, 6.07) is 14.3. The molecule has 0 unspecified atom stereocenters. The summed E-state index contributed by atoms with van der Waals surface area (Å²) >= 11 is 0. The number of carboxylic acids is 1. The number of carboxylic acid groups (broad SMARTS) is 1. The quantitative estimate of drug-likeness (QED) is 0.685. The third-order valence-electron chi connectivity index (χ3n) is 3.64. The summed E-state index contributed by atoms with van der Waals surface area (Å²) in [6.07, 6.45) is -0.120. The molecule has 0 aliphatic heterocycles. The standard InChI is InChI=1S/C18H16N2O3/c1-11-15(10-17(22)23)18(14-7-2-3-8-16(14)19-11)20-12-5-4-6-13(21)9-12/h2-9,21H,10H2,1H3,(H,19,20)(H,22,23). The van der Waals surface area contributed by atoms with Crippen molar-refractivity contribution in [2.45, 2.75) is 13.3 Å². The van der Waals surface area contributed by atoms with Gasteiger partial charge in [-0.3, -0.25) is 9.78 Å². The van der Waals surface area contributed by atoms with Crippen LogP contribution < -0.4 is 5.32 Å². The van der Waals surface area contributed by atoms with Gasteiger partial charge < -0.3 is 15.5 Å². The van der Waals surface area contributed by atoms with Crippen LogP contribution in [0.3, 0.4) is 0 Å². The maximum absolute atomic E-state index is 11.2. The van der Waals surface area contributed by atoms with Crippen molar-refractivity contribution >= 4 is 28.2 Å². The zero-order valence-corrected chi connectivity index (χ0v) is 12.6. The SMILES string of the molecule is Cc1nc2ccccc2c(Nc2cccc(O)c2)c1CC(=O)O. The fraction of sp³-hybridized carbons (Fsp3) is 0.111. The monoisotopic (exact) mass is 308 g/mol. The van der Waals surface area contributed by atoms with E-state index in [1.54, 1.807) is 25.1 Å². The maximum atomic E-state index is 11.2. The van der Waals surface area contributed by atoms with Gasteiger partial charge >= 0.3 is 5.97 Å². The van der Waals surface area contributed by atoms with Gasteiger partial charge in [0.15, 0.2) is 0 Å². The Kier molecular flexibility index (Phi) is 3.85. The molecule has 3 aromatic rings. The van der Waals surface area contributed by atoms with E-state index in [2.05, 4.69) is 10.3 Å². The molecule has 0 spiro atoms. The molecule has 3 N–H and O–H groups in total. The van der Waals surface area contributed by atoms with Crippen molar-refractivity contribution in [2.75, 3.05) is 5.32 Å². The van der Waals surface area contributed by atoms with Gasteiger partial charge in [-0.25, -0.2) is 0 Å². The van der Waals surface area contributed by atoms with Gasteiger partial charge in [-0.05, 0) is 25.1 Å². The van der Waals surface area contributed by atoms with Crippen LogP contribution in [-0.2, 0) is 11.2 Å². The van der Waals surface area contributed by atoms with Crippen LogP contribution in [0.4, 0.5) is 11.4 Å². The van der Waals surface area contributed by atoms with Crippen LogP contribution in [0.2, 0.25) is 0 Å². The average Bonchev–Trinajstić information content (AvgIpc) is 2.50. The van der Waals surface area contributed by atoms with Gasteiger partial charge in [0.1, 0.15) is 5.75 Å². The summed E-state index contributed by atoms with van der Waals surface area (Å²) in [5.74, 6) is -0.769. The van der Waals surface area contributed by atoms with E-state index in [1.165, 1.54) is 0 Å².